The highest BCUT2D eigenvalue weighted by molar-refractivity contribution is 5.93. The summed E-state index contributed by atoms with van der Waals surface area (Å²) in [5, 5.41) is 10.0. The van der Waals surface area contributed by atoms with E-state index in [4.69, 9.17) is 15.6 Å². The number of hydrogen-bond donors (Lipinski definition) is 2. The molecule has 106 valence electrons. The van der Waals surface area contributed by atoms with Crippen molar-refractivity contribution in [2.24, 2.45) is 0 Å². The van der Waals surface area contributed by atoms with Crippen molar-refractivity contribution < 1.29 is 9.84 Å². The smallest absolute Gasteiger partial charge is 0.136 e. The van der Waals surface area contributed by atoms with Crippen LogP contribution in [-0.2, 0) is 6.42 Å². The fourth-order valence-electron chi connectivity index (χ4n) is 2.31. The van der Waals surface area contributed by atoms with Crippen LogP contribution in [0.5, 0.6) is 11.5 Å². The lowest BCUT2D eigenvalue weighted by Gasteiger charge is -2.13. The molecule has 3 rings (SSSR count). The average Bonchev–Trinajstić information content (AvgIpc) is 2.52. The largest absolute Gasteiger partial charge is 0.456 e. The first-order valence-electron chi connectivity index (χ1n) is 6.79. The molecule has 0 fully saturated rings. The van der Waals surface area contributed by atoms with Crippen LogP contribution in [0.25, 0.3) is 10.9 Å². The lowest BCUT2D eigenvalue weighted by atomic mass is 10.1. The fourth-order valence-corrected chi connectivity index (χ4v) is 2.31. The number of nitrogens with zero attached hydrogens (tertiary/aromatic N) is 1. The molecule has 0 saturated heterocycles. The molecule has 0 amide bonds. The van der Waals surface area contributed by atoms with Gasteiger partial charge in [-0.25, -0.2) is 0 Å². The Bertz CT molecular complexity index is 772. The lowest BCUT2D eigenvalue weighted by molar-refractivity contribution is 0.298. The molecule has 0 aliphatic heterocycles. The molecule has 3 N–H and O–H groups in total. The van der Waals surface area contributed by atoms with Crippen LogP contribution in [0.4, 0.5) is 5.69 Å². The number of aliphatic hydroxyl groups excluding tert-OH is 1. The molecule has 0 spiro atoms. The van der Waals surface area contributed by atoms with Crippen molar-refractivity contribution in [1.82, 2.24) is 4.98 Å². The highest BCUT2D eigenvalue weighted by Crippen LogP contribution is 2.33. The Kier molecular flexibility index (Phi) is 3.71. The molecule has 0 unspecified atom stereocenters. The Morgan fingerprint density at radius 1 is 1.00 bits per heavy atom. The summed E-state index contributed by atoms with van der Waals surface area (Å²) >= 11 is 0. The summed E-state index contributed by atoms with van der Waals surface area (Å²) in [6, 6.07) is 15.1. The summed E-state index contributed by atoms with van der Waals surface area (Å²) < 4.78 is 6.02. The number of nitrogens with two attached hydrogens (primary N) is 1. The van der Waals surface area contributed by atoms with E-state index in [1.165, 1.54) is 0 Å². The van der Waals surface area contributed by atoms with Gasteiger partial charge in [-0.1, -0.05) is 18.2 Å². The quantitative estimate of drug-likeness (QED) is 0.720. The Hall–Kier alpha value is -2.59. The Labute approximate surface area is 122 Å². The molecule has 0 aliphatic carbocycles. The normalized spacial score (nSPS) is 10.7. The minimum atomic E-state index is 0.0877. The van der Waals surface area contributed by atoms with E-state index in [0.717, 1.165) is 22.2 Å². The number of benzene rings is 2. The number of fused-ring (bicyclic) bond motifs is 1. The molecule has 1 heterocycles. The predicted molar refractivity (Wildman–Crippen MR) is 83.5 cm³/mol. The van der Waals surface area contributed by atoms with Crippen molar-refractivity contribution in [3.63, 3.8) is 0 Å². The van der Waals surface area contributed by atoms with Crippen LogP contribution in [0.15, 0.2) is 54.7 Å². The van der Waals surface area contributed by atoms with Gasteiger partial charge in [-0.15, -0.1) is 0 Å². The molecule has 0 saturated carbocycles. The molecule has 2 aromatic carbocycles. The van der Waals surface area contributed by atoms with Crippen molar-refractivity contribution in [2.45, 2.75) is 6.42 Å². The zero-order chi connectivity index (χ0) is 14.7. The number of hydrogen-bond acceptors (Lipinski definition) is 4. The first-order valence-corrected chi connectivity index (χ1v) is 6.79. The molecule has 21 heavy (non-hydrogen) atoms. The van der Waals surface area contributed by atoms with Crippen LogP contribution < -0.4 is 10.5 Å². The average molecular weight is 280 g/mol. The van der Waals surface area contributed by atoms with E-state index in [1.807, 2.05) is 42.5 Å². The molecule has 3 aromatic rings. The van der Waals surface area contributed by atoms with Crippen molar-refractivity contribution >= 4 is 16.6 Å². The van der Waals surface area contributed by atoms with Crippen LogP contribution in [0.3, 0.4) is 0 Å². The van der Waals surface area contributed by atoms with Gasteiger partial charge in [-0.2, -0.15) is 0 Å². The second-order valence-electron chi connectivity index (χ2n) is 4.74. The van der Waals surface area contributed by atoms with E-state index in [0.29, 0.717) is 17.9 Å². The van der Waals surface area contributed by atoms with Gasteiger partial charge in [0.2, 0.25) is 0 Å². The van der Waals surface area contributed by atoms with Crippen molar-refractivity contribution in [3.8, 4) is 11.5 Å². The maximum atomic E-state index is 9.14. The first kappa shape index (κ1) is 13.4. The molecule has 4 nitrogen and oxygen atoms in total. The molecule has 4 heteroatoms. The Morgan fingerprint density at radius 3 is 2.71 bits per heavy atom. The third-order valence-electron chi connectivity index (χ3n) is 3.33. The molecule has 0 radical (unpaired) electrons. The van der Waals surface area contributed by atoms with Crippen LogP contribution in [-0.4, -0.2) is 16.7 Å². The number of pyridine rings is 1. The van der Waals surface area contributed by atoms with E-state index in [9.17, 15) is 0 Å². The van der Waals surface area contributed by atoms with Crippen molar-refractivity contribution in [3.05, 3.63) is 60.3 Å². The van der Waals surface area contributed by atoms with Crippen LogP contribution in [0.1, 0.15) is 5.56 Å². The summed E-state index contributed by atoms with van der Waals surface area (Å²) in [5.41, 5.74) is 8.27. The minimum absolute atomic E-state index is 0.0877. The molecule has 1 aromatic heterocycles. The standard InChI is InChI=1S/C17H16N2O2/c18-14-7-8-16(13-5-3-10-19-17(13)14)21-15-6-2-1-4-12(15)9-11-20/h1-8,10,20H,9,11,18H2. The first-order chi connectivity index (χ1) is 10.3. The number of anilines is 1. The second kappa shape index (κ2) is 5.81. The predicted octanol–water partition coefficient (Wildman–Crippen LogP) is 3.14. The number of ether oxygens (including phenoxy) is 1. The molecule has 0 bridgehead atoms. The van der Waals surface area contributed by atoms with Crippen LogP contribution in [0, 0.1) is 0 Å². The van der Waals surface area contributed by atoms with Gasteiger partial charge >= 0.3 is 0 Å². The van der Waals surface area contributed by atoms with Crippen LogP contribution >= 0.6 is 0 Å². The van der Waals surface area contributed by atoms with Gasteiger partial charge in [-0.05, 0) is 42.3 Å². The molecular formula is C17H16N2O2. The lowest BCUT2D eigenvalue weighted by Crippen LogP contribution is -1.96. The van der Waals surface area contributed by atoms with Gasteiger partial charge in [-0.3, -0.25) is 4.98 Å². The molecule has 0 atom stereocenters. The number of nitrogen functional groups attached to an aromatic ring is 1. The fraction of sp³-hybridized carbons (Fsp3) is 0.118. The number of aromatic nitrogens is 1. The highest BCUT2D eigenvalue weighted by Gasteiger charge is 2.09. The summed E-state index contributed by atoms with van der Waals surface area (Å²) in [5.74, 6) is 1.44. The third kappa shape index (κ3) is 2.66. The van der Waals surface area contributed by atoms with E-state index in [1.54, 1.807) is 12.3 Å². The van der Waals surface area contributed by atoms with Gasteiger partial charge in [0.05, 0.1) is 11.2 Å². The van der Waals surface area contributed by atoms with Crippen molar-refractivity contribution in [1.29, 1.82) is 0 Å². The van der Waals surface area contributed by atoms with Gasteiger partial charge in [0.15, 0.2) is 0 Å². The number of para-hydroxylation sites is 1. The van der Waals surface area contributed by atoms with E-state index in [-0.39, 0.29) is 6.61 Å². The van der Waals surface area contributed by atoms with Crippen molar-refractivity contribution in [2.75, 3.05) is 12.3 Å². The maximum Gasteiger partial charge on any atom is 0.136 e. The summed E-state index contributed by atoms with van der Waals surface area (Å²) in [7, 11) is 0. The third-order valence-corrected chi connectivity index (χ3v) is 3.33. The van der Waals surface area contributed by atoms with Gasteiger partial charge in [0, 0.05) is 18.2 Å². The summed E-state index contributed by atoms with van der Waals surface area (Å²) in [6.07, 6.45) is 2.27. The molecule has 0 aliphatic rings. The van der Waals surface area contributed by atoms with Gasteiger partial charge < -0.3 is 15.6 Å². The Balaban J connectivity index is 2.05. The monoisotopic (exact) mass is 280 g/mol. The number of aliphatic hydroxyl groups is 1. The number of rotatable bonds is 4. The van der Waals surface area contributed by atoms with E-state index >= 15 is 0 Å². The second-order valence-corrected chi connectivity index (χ2v) is 4.74. The maximum absolute atomic E-state index is 9.14. The van der Waals surface area contributed by atoms with E-state index in [2.05, 4.69) is 4.98 Å². The minimum Gasteiger partial charge on any atom is -0.456 e. The van der Waals surface area contributed by atoms with Gasteiger partial charge in [0.25, 0.3) is 0 Å². The zero-order valence-corrected chi connectivity index (χ0v) is 11.5. The zero-order valence-electron chi connectivity index (χ0n) is 11.5. The highest BCUT2D eigenvalue weighted by atomic mass is 16.5. The van der Waals surface area contributed by atoms with E-state index < -0.39 is 0 Å². The summed E-state index contributed by atoms with van der Waals surface area (Å²) in [4.78, 5) is 4.30. The Morgan fingerprint density at radius 2 is 1.86 bits per heavy atom. The topological polar surface area (TPSA) is 68.4 Å². The summed E-state index contributed by atoms with van der Waals surface area (Å²) in [6.45, 7) is 0.0877. The SMILES string of the molecule is Nc1ccc(Oc2ccccc2CCO)c2cccnc12. The van der Waals surface area contributed by atoms with Crippen LogP contribution in [0.2, 0.25) is 0 Å². The molecular weight excluding hydrogens is 264 g/mol. The van der Waals surface area contributed by atoms with Gasteiger partial charge in [0.1, 0.15) is 11.5 Å².